The molecule has 0 fully saturated rings. The van der Waals surface area contributed by atoms with Crippen LogP contribution in [0.25, 0.3) is 22.2 Å². The van der Waals surface area contributed by atoms with Crippen LogP contribution in [0.4, 0.5) is 11.6 Å². The molecule has 0 amide bonds. The van der Waals surface area contributed by atoms with Gasteiger partial charge in [0.1, 0.15) is 0 Å². The Morgan fingerprint density at radius 1 is 1.12 bits per heavy atom. The van der Waals surface area contributed by atoms with E-state index >= 15 is 0 Å². The minimum absolute atomic E-state index is 0.0374. The van der Waals surface area contributed by atoms with Gasteiger partial charge in [-0.1, -0.05) is 12.1 Å². The number of benzene rings is 2. The lowest BCUT2D eigenvalue weighted by Gasteiger charge is -2.12. The quantitative estimate of drug-likeness (QED) is 0.481. The molecule has 0 aliphatic rings. The highest BCUT2D eigenvalue weighted by Crippen LogP contribution is 2.31. The number of aliphatic hydroxyl groups excluding tert-OH is 2. The Hall–Kier alpha value is -3.10. The minimum atomic E-state index is -0.463. The molecule has 128 valence electrons. The summed E-state index contributed by atoms with van der Waals surface area (Å²) in [6, 6.07) is 9.57. The van der Waals surface area contributed by atoms with Crippen molar-refractivity contribution < 1.29 is 15.1 Å². The summed E-state index contributed by atoms with van der Waals surface area (Å²) in [6.45, 7) is -0.467. The summed E-state index contributed by atoms with van der Waals surface area (Å²) in [4.78, 5) is 19.4. The number of hydrogen-bond donors (Lipinski definition) is 3. The van der Waals surface area contributed by atoms with Crippen LogP contribution in [0.2, 0.25) is 0 Å². The number of nitro groups is 1. The van der Waals surface area contributed by atoms with Crippen molar-refractivity contribution in [3.63, 3.8) is 0 Å². The summed E-state index contributed by atoms with van der Waals surface area (Å²) in [5, 5.41) is 33.6. The van der Waals surface area contributed by atoms with E-state index in [-0.39, 0.29) is 18.9 Å². The second-order valence-electron chi connectivity index (χ2n) is 5.41. The molecule has 8 heteroatoms. The van der Waals surface area contributed by atoms with Crippen LogP contribution in [0, 0.1) is 10.1 Å². The molecule has 0 bridgehead atoms. The Labute approximate surface area is 142 Å². The van der Waals surface area contributed by atoms with Crippen molar-refractivity contribution in [1.29, 1.82) is 0 Å². The number of nitro benzene ring substituents is 1. The van der Waals surface area contributed by atoms with Gasteiger partial charge >= 0.3 is 0 Å². The highest BCUT2D eigenvalue weighted by molar-refractivity contribution is 5.94. The molecule has 0 atom stereocenters. The molecular formula is C17H16N4O4. The number of rotatable bonds is 5. The van der Waals surface area contributed by atoms with Crippen molar-refractivity contribution in [3.8, 4) is 11.3 Å². The first-order chi connectivity index (χ1) is 12.1. The molecular weight excluding hydrogens is 324 g/mol. The molecule has 1 aromatic heterocycles. The molecule has 0 radical (unpaired) electrons. The van der Waals surface area contributed by atoms with Gasteiger partial charge in [0.05, 0.1) is 29.3 Å². The summed E-state index contributed by atoms with van der Waals surface area (Å²) in [6.07, 6.45) is 0. The number of anilines is 1. The summed E-state index contributed by atoms with van der Waals surface area (Å²) in [5.41, 5.74) is 2.74. The summed E-state index contributed by atoms with van der Waals surface area (Å²) >= 11 is 0. The highest BCUT2D eigenvalue weighted by Gasteiger charge is 2.15. The molecule has 3 rings (SSSR count). The average molecular weight is 340 g/mol. The third kappa shape index (κ3) is 3.12. The fourth-order valence-electron chi connectivity index (χ4n) is 2.66. The molecule has 3 aromatic rings. The van der Waals surface area contributed by atoms with Crippen LogP contribution in [0.5, 0.6) is 0 Å². The number of aliphatic hydroxyl groups is 2. The van der Waals surface area contributed by atoms with E-state index < -0.39 is 4.92 Å². The van der Waals surface area contributed by atoms with Crippen LogP contribution in [0.15, 0.2) is 36.4 Å². The normalized spacial score (nSPS) is 10.8. The Balaban J connectivity index is 2.32. The minimum Gasteiger partial charge on any atom is -0.392 e. The van der Waals surface area contributed by atoms with Crippen LogP contribution in [0.3, 0.4) is 0 Å². The maximum atomic E-state index is 11.1. The van der Waals surface area contributed by atoms with Gasteiger partial charge in [0, 0.05) is 30.1 Å². The lowest BCUT2D eigenvalue weighted by Crippen LogP contribution is -2.02. The molecule has 2 aromatic carbocycles. The Bertz CT molecular complexity index is 959. The Kier molecular flexibility index (Phi) is 4.55. The molecule has 8 nitrogen and oxygen atoms in total. The molecule has 0 saturated carbocycles. The smallest absolute Gasteiger partial charge is 0.270 e. The van der Waals surface area contributed by atoms with Crippen molar-refractivity contribution in [3.05, 3.63) is 57.6 Å². The van der Waals surface area contributed by atoms with Crippen LogP contribution < -0.4 is 5.32 Å². The van der Waals surface area contributed by atoms with E-state index in [2.05, 4.69) is 15.3 Å². The van der Waals surface area contributed by atoms with Gasteiger partial charge in [-0.05, 0) is 23.3 Å². The summed E-state index contributed by atoms with van der Waals surface area (Å²) in [5.74, 6) is 0.356. The maximum Gasteiger partial charge on any atom is 0.270 e. The monoisotopic (exact) mass is 340 g/mol. The highest BCUT2D eigenvalue weighted by atomic mass is 16.6. The zero-order chi connectivity index (χ0) is 18.0. The van der Waals surface area contributed by atoms with Gasteiger partial charge in [-0.15, -0.1) is 0 Å². The van der Waals surface area contributed by atoms with Crippen LogP contribution in [-0.2, 0) is 13.2 Å². The van der Waals surface area contributed by atoms with Crippen molar-refractivity contribution in [2.45, 2.75) is 13.2 Å². The van der Waals surface area contributed by atoms with Crippen molar-refractivity contribution in [2.75, 3.05) is 12.4 Å². The van der Waals surface area contributed by atoms with Crippen LogP contribution in [-0.4, -0.2) is 32.2 Å². The fourth-order valence-corrected chi connectivity index (χ4v) is 2.66. The molecule has 3 N–H and O–H groups in total. The molecule has 0 spiro atoms. The first-order valence-electron chi connectivity index (χ1n) is 7.55. The van der Waals surface area contributed by atoms with Gasteiger partial charge in [0.25, 0.3) is 5.69 Å². The maximum absolute atomic E-state index is 11.1. The second kappa shape index (κ2) is 6.80. The lowest BCUT2D eigenvalue weighted by molar-refractivity contribution is -0.384. The van der Waals surface area contributed by atoms with Crippen molar-refractivity contribution in [2.24, 2.45) is 0 Å². The number of nitrogens with zero attached hydrogens (tertiary/aromatic N) is 3. The van der Waals surface area contributed by atoms with Gasteiger partial charge in [-0.25, -0.2) is 9.97 Å². The van der Waals surface area contributed by atoms with Crippen molar-refractivity contribution >= 4 is 22.5 Å². The summed E-state index contributed by atoms with van der Waals surface area (Å²) in [7, 11) is 1.67. The zero-order valence-electron chi connectivity index (χ0n) is 13.4. The average Bonchev–Trinajstić information content (AvgIpc) is 2.65. The van der Waals surface area contributed by atoms with Crippen molar-refractivity contribution in [1.82, 2.24) is 9.97 Å². The predicted molar refractivity (Wildman–Crippen MR) is 93.0 cm³/mol. The van der Waals surface area contributed by atoms with E-state index in [0.29, 0.717) is 39.2 Å². The molecule has 1 heterocycles. The van der Waals surface area contributed by atoms with Crippen LogP contribution >= 0.6 is 0 Å². The predicted octanol–water partition coefficient (Wildman–Crippen LogP) is 2.23. The third-order valence-electron chi connectivity index (χ3n) is 3.91. The van der Waals surface area contributed by atoms with Gasteiger partial charge in [-0.3, -0.25) is 10.1 Å². The first-order valence-corrected chi connectivity index (χ1v) is 7.55. The lowest BCUT2D eigenvalue weighted by atomic mass is 10.0. The standard InChI is InChI=1S/C17H16N4O4/c1-18-17-19-15-7-12(9-23)11(8-22)6-14(15)16(20-17)10-3-2-4-13(5-10)21(24)25/h2-7,22-23H,8-9H2,1H3,(H,18,19,20). The second-order valence-corrected chi connectivity index (χ2v) is 5.41. The SMILES string of the molecule is CNc1nc(-c2cccc([N+](=O)[O-])c2)c2cc(CO)c(CO)cc2n1. The number of fused-ring (bicyclic) bond motifs is 1. The van der Waals surface area contributed by atoms with Gasteiger partial charge in [0.15, 0.2) is 0 Å². The Morgan fingerprint density at radius 2 is 1.84 bits per heavy atom. The Morgan fingerprint density at radius 3 is 2.48 bits per heavy atom. The molecule has 25 heavy (non-hydrogen) atoms. The van der Waals surface area contributed by atoms with E-state index in [1.165, 1.54) is 12.1 Å². The van der Waals surface area contributed by atoms with E-state index in [1.807, 2.05) is 0 Å². The largest absolute Gasteiger partial charge is 0.392 e. The number of nitrogens with one attached hydrogen (secondary N) is 1. The molecule has 0 saturated heterocycles. The molecule has 0 unspecified atom stereocenters. The topological polar surface area (TPSA) is 121 Å². The number of non-ortho nitro benzene ring substituents is 1. The molecule has 0 aliphatic carbocycles. The number of aromatic nitrogens is 2. The first kappa shape index (κ1) is 16.7. The van der Waals surface area contributed by atoms with E-state index in [1.54, 1.807) is 31.3 Å². The van der Waals surface area contributed by atoms with Gasteiger partial charge in [-0.2, -0.15) is 0 Å². The number of hydrogen-bond acceptors (Lipinski definition) is 7. The summed E-state index contributed by atoms with van der Waals surface area (Å²) < 4.78 is 0. The fraction of sp³-hybridized carbons (Fsp3) is 0.176. The van der Waals surface area contributed by atoms with Crippen LogP contribution in [0.1, 0.15) is 11.1 Å². The van der Waals surface area contributed by atoms with Gasteiger partial charge in [0.2, 0.25) is 5.95 Å². The van der Waals surface area contributed by atoms with E-state index in [0.717, 1.165) is 0 Å². The van der Waals surface area contributed by atoms with E-state index in [9.17, 15) is 20.3 Å². The van der Waals surface area contributed by atoms with E-state index in [4.69, 9.17) is 0 Å². The molecule has 0 aliphatic heterocycles. The van der Waals surface area contributed by atoms with Gasteiger partial charge < -0.3 is 15.5 Å². The third-order valence-corrected chi connectivity index (χ3v) is 3.91. The zero-order valence-corrected chi connectivity index (χ0v) is 13.4.